The molecule has 0 spiro atoms. The van der Waals surface area contributed by atoms with Gasteiger partial charge in [-0.1, -0.05) is 24.3 Å². The van der Waals surface area contributed by atoms with Gasteiger partial charge in [-0.15, -0.1) is 0 Å². The summed E-state index contributed by atoms with van der Waals surface area (Å²) in [5.74, 6) is -2.14. The maximum Gasteiger partial charge on any atom is 0.321 e. The Morgan fingerprint density at radius 3 is 2.17 bits per heavy atom. The van der Waals surface area contributed by atoms with Crippen LogP contribution in [0, 0.1) is 5.92 Å². The van der Waals surface area contributed by atoms with Gasteiger partial charge in [0.2, 0.25) is 0 Å². The molecule has 0 amide bonds. The van der Waals surface area contributed by atoms with Gasteiger partial charge >= 0.3 is 11.9 Å². The van der Waals surface area contributed by atoms with Gasteiger partial charge in [0.1, 0.15) is 5.76 Å². The molecule has 1 aliphatic rings. The molecule has 1 atom stereocenters. The van der Waals surface area contributed by atoms with Gasteiger partial charge < -0.3 is 14.2 Å². The van der Waals surface area contributed by atoms with E-state index in [4.69, 9.17) is 14.2 Å². The van der Waals surface area contributed by atoms with Gasteiger partial charge in [0.05, 0.1) is 25.7 Å². The summed E-state index contributed by atoms with van der Waals surface area (Å²) < 4.78 is 15.9. The highest BCUT2D eigenvalue weighted by molar-refractivity contribution is 5.97. The smallest absolute Gasteiger partial charge is 0.321 e. The predicted molar refractivity (Wildman–Crippen MR) is 85.5 cm³/mol. The third kappa shape index (κ3) is 3.55. The van der Waals surface area contributed by atoms with E-state index in [9.17, 15) is 9.59 Å². The second kappa shape index (κ2) is 7.81. The van der Waals surface area contributed by atoms with Crippen molar-refractivity contribution in [3.8, 4) is 0 Å². The molecule has 0 N–H and O–H groups in total. The van der Waals surface area contributed by atoms with Crippen LogP contribution in [0.25, 0.3) is 6.08 Å². The maximum absolute atomic E-state index is 12.4. The first kappa shape index (κ1) is 17.1. The fraction of sp³-hybridized carbons (Fsp3) is 0.444. The van der Waals surface area contributed by atoms with Crippen molar-refractivity contribution >= 4 is 18.0 Å². The van der Waals surface area contributed by atoms with Crippen LogP contribution in [0.4, 0.5) is 0 Å². The Morgan fingerprint density at radius 2 is 1.61 bits per heavy atom. The van der Waals surface area contributed by atoms with Crippen molar-refractivity contribution in [2.75, 3.05) is 19.8 Å². The van der Waals surface area contributed by atoms with Crippen molar-refractivity contribution in [3.05, 3.63) is 41.2 Å². The molecule has 1 aromatic rings. The highest BCUT2D eigenvalue weighted by Gasteiger charge is 2.44. The van der Waals surface area contributed by atoms with Crippen molar-refractivity contribution in [1.29, 1.82) is 0 Å². The fourth-order valence-electron chi connectivity index (χ4n) is 2.80. The molecule has 2 rings (SSSR count). The zero-order valence-electron chi connectivity index (χ0n) is 13.7. The summed E-state index contributed by atoms with van der Waals surface area (Å²) in [6.45, 7) is 6.15. The molecule has 1 unspecified atom stereocenters. The van der Waals surface area contributed by atoms with Crippen molar-refractivity contribution in [3.63, 3.8) is 0 Å². The Hall–Kier alpha value is -2.30. The number of allylic oxidation sites excluding steroid dienone is 1. The first-order valence-electron chi connectivity index (χ1n) is 7.90. The Labute approximate surface area is 136 Å². The molecule has 0 saturated heterocycles. The van der Waals surface area contributed by atoms with Gasteiger partial charge in [-0.3, -0.25) is 9.59 Å². The van der Waals surface area contributed by atoms with E-state index in [-0.39, 0.29) is 13.2 Å². The van der Waals surface area contributed by atoms with Crippen LogP contribution in [-0.4, -0.2) is 31.8 Å². The lowest BCUT2D eigenvalue weighted by molar-refractivity contribution is -0.162. The van der Waals surface area contributed by atoms with Gasteiger partial charge in [0, 0.05) is 0 Å². The number of carbonyl (C=O) groups excluding carboxylic acids is 2. The third-order valence-corrected chi connectivity index (χ3v) is 3.66. The summed E-state index contributed by atoms with van der Waals surface area (Å²) in [6.07, 6.45) is 1.87. The zero-order chi connectivity index (χ0) is 16.8. The Balaban J connectivity index is 2.44. The number of hydrogen-bond donors (Lipinski definition) is 0. The number of hydrogen-bond acceptors (Lipinski definition) is 5. The highest BCUT2D eigenvalue weighted by atomic mass is 16.6. The molecular weight excluding hydrogens is 296 g/mol. The van der Waals surface area contributed by atoms with Crippen LogP contribution in [0.2, 0.25) is 0 Å². The molecule has 23 heavy (non-hydrogen) atoms. The SMILES string of the molecule is CCOC(=O)C(C(=O)OCC)C1C(OCC)=Cc2ccccc21. The van der Waals surface area contributed by atoms with E-state index in [1.54, 1.807) is 13.8 Å². The van der Waals surface area contributed by atoms with E-state index >= 15 is 0 Å². The number of rotatable bonds is 7. The van der Waals surface area contributed by atoms with E-state index in [0.717, 1.165) is 11.1 Å². The summed E-state index contributed by atoms with van der Waals surface area (Å²) in [5.41, 5.74) is 1.82. The second-order valence-corrected chi connectivity index (χ2v) is 5.07. The van der Waals surface area contributed by atoms with Crippen molar-refractivity contribution in [2.24, 2.45) is 5.92 Å². The molecule has 0 heterocycles. The largest absolute Gasteiger partial charge is 0.498 e. The summed E-state index contributed by atoms with van der Waals surface area (Å²) in [4.78, 5) is 24.8. The topological polar surface area (TPSA) is 61.8 Å². The van der Waals surface area contributed by atoms with E-state index in [2.05, 4.69) is 0 Å². The van der Waals surface area contributed by atoms with Crippen molar-refractivity contribution in [2.45, 2.75) is 26.7 Å². The van der Waals surface area contributed by atoms with Crippen LogP contribution in [-0.2, 0) is 23.8 Å². The fourth-order valence-corrected chi connectivity index (χ4v) is 2.80. The van der Waals surface area contributed by atoms with Crippen molar-refractivity contribution in [1.82, 2.24) is 0 Å². The normalized spacial score (nSPS) is 15.8. The van der Waals surface area contributed by atoms with Crippen LogP contribution in [0.1, 0.15) is 37.8 Å². The Morgan fingerprint density at radius 1 is 1.00 bits per heavy atom. The van der Waals surface area contributed by atoms with Crippen molar-refractivity contribution < 1.29 is 23.8 Å². The molecule has 0 fully saturated rings. The van der Waals surface area contributed by atoms with Crippen LogP contribution in [0.15, 0.2) is 30.0 Å². The Kier molecular flexibility index (Phi) is 5.79. The molecule has 0 saturated carbocycles. The number of fused-ring (bicyclic) bond motifs is 1. The lowest BCUT2D eigenvalue weighted by Gasteiger charge is -2.24. The number of benzene rings is 1. The third-order valence-electron chi connectivity index (χ3n) is 3.66. The quantitative estimate of drug-likeness (QED) is 0.571. The number of carbonyl (C=O) groups is 2. The van der Waals surface area contributed by atoms with Gasteiger partial charge in [0.15, 0.2) is 5.92 Å². The van der Waals surface area contributed by atoms with E-state index in [1.165, 1.54) is 0 Å². The molecule has 124 valence electrons. The molecule has 5 heteroatoms. The first-order chi connectivity index (χ1) is 11.1. The zero-order valence-corrected chi connectivity index (χ0v) is 13.7. The van der Waals surface area contributed by atoms with Crippen LogP contribution < -0.4 is 0 Å². The van der Waals surface area contributed by atoms with Crippen LogP contribution >= 0.6 is 0 Å². The monoisotopic (exact) mass is 318 g/mol. The first-order valence-corrected chi connectivity index (χ1v) is 7.90. The minimum absolute atomic E-state index is 0.205. The summed E-state index contributed by atoms with van der Waals surface area (Å²) >= 11 is 0. The Bertz CT molecular complexity index is 587. The van der Waals surface area contributed by atoms with Gasteiger partial charge in [0.25, 0.3) is 0 Å². The van der Waals surface area contributed by atoms with E-state index in [1.807, 2.05) is 37.3 Å². The maximum atomic E-state index is 12.4. The summed E-state index contributed by atoms with van der Waals surface area (Å²) in [6, 6.07) is 7.61. The summed E-state index contributed by atoms with van der Waals surface area (Å²) in [7, 11) is 0. The molecule has 0 bridgehead atoms. The van der Waals surface area contributed by atoms with Gasteiger partial charge in [-0.05, 0) is 38.0 Å². The summed E-state index contributed by atoms with van der Waals surface area (Å²) in [5, 5.41) is 0. The predicted octanol–water partition coefficient (Wildman–Crippen LogP) is 2.90. The lowest BCUT2D eigenvalue weighted by Crippen LogP contribution is -2.34. The molecule has 1 aromatic carbocycles. The van der Waals surface area contributed by atoms with Gasteiger partial charge in [-0.2, -0.15) is 0 Å². The number of esters is 2. The minimum atomic E-state index is -1.06. The number of ether oxygens (including phenoxy) is 3. The molecule has 5 nitrogen and oxygen atoms in total. The highest BCUT2D eigenvalue weighted by Crippen LogP contribution is 2.42. The molecule has 0 aromatic heterocycles. The van der Waals surface area contributed by atoms with Crippen LogP contribution in [0.3, 0.4) is 0 Å². The standard InChI is InChI=1S/C18H22O5/c1-4-21-14-11-12-9-7-8-10-13(12)15(14)16(17(19)22-5-2)18(20)23-6-3/h7-11,15-16H,4-6H2,1-3H3. The van der Waals surface area contributed by atoms with Crippen LogP contribution in [0.5, 0.6) is 0 Å². The minimum Gasteiger partial charge on any atom is -0.498 e. The molecule has 0 aliphatic heterocycles. The lowest BCUT2D eigenvalue weighted by atomic mass is 9.86. The molecular formula is C18H22O5. The molecule has 0 radical (unpaired) electrons. The van der Waals surface area contributed by atoms with E-state index in [0.29, 0.717) is 12.4 Å². The average Bonchev–Trinajstić information content (AvgIpc) is 2.87. The van der Waals surface area contributed by atoms with Gasteiger partial charge in [-0.25, -0.2) is 0 Å². The molecule has 1 aliphatic carbocycles. The van der Waals surface area contributed by atoms with E-state index < -0.39 is 23.8 Å². The average molecular weight is 318 g/mol. The second-order valence-electron chi connectivity index (χ2n) is 5.07.